The van der Waals surface area contributed by atoms with Crippen molar-refractivity contribution < 1.29 is 10.2 Å². The highest BCUT2D eigenvalue weighted by molar-refractivity contribution is 5.99. The molecular weight excluding hydrogens is 234 g/mol. The predicted octanol–water partition coefficient (Wildman–Crippen LogP) is 0.328. The number of nitrogens with zero attached hydrogens (tertiary/aromatic N) is 3. The normalized spacial score (nSPS) is 11.8. The minimum absolute atomic E-state index is 0.0282. The van der Waals surface area contributed by atoms with Crippen LogP contribution in [-0.4, -0.2) is 47.3 Å². The van der Waals surface area contributed by atoms with Crippen LogP contribution in [0.25, 0.3) is 0 Å². The van der Waals surface area contributed by atoms with Crippen LogP contribution in [0.4, 0.5) is 0 Å². The molecule has 0 amide bonds. The van der Waals surface area contributed by atoms with Gasteiger partial charge in [0.25, 0.3) is 0 Å². The summed E-state index contributed by atoms with van der Waals surface area (Å²) < 4.78 is 0. The number of aliphatic imine (C=N–C) groups is 2. The van der Waals surface area contributed by atoms with Gasteiger partial charge in [-0.15, -0.1) is 0 Å². The van der Waals surface area contributed by atoms with Gasteiger partial charge in [0.1, 0.15) is 11.5 Å². The molecule has 5 N–H and O–H groups in total. The van der Waals surface area contributed by atoms with Crippen LogP contribution in [0.5, 0.6) is 11.5 Å². The maximum atomic E-state index is 9.49. The molecule has 0 saturated heterocycles. The molecule has 0 bridgehead atoms. The molecule has 0 aromatic heterocycles. The Morgan fingerprint density at radius 2 is 2.06 bits per heavy atom. The third kappa shape index (κ3) is 3.78. The average molecular weight is 249 g/mol. The number of phenols is 2. The standard InChI is InChI=1S/C11H15N5O2/c1-16(2)11(13)15-10(12)14-6-7-3-4-8(17)5-9(7)18/h3-6,17-18H,1-2H3,(H3,12,13,15)/b14-6+. The quantitative estimate of drug-likeness (QED) is 0.423. The van der Waals surface area contributed by atoms with E-state index in [1.54, 1.807) is 14.1 Å². The Bertz CT molecular complexity index is 508. The first-order valence-electron chi connectivity index (χ1n) is 5.06. The monoisotopic (exact) mass is 249 g/mol. The summed E-state index contributed by atoms with van der Waals surface area (Å²) in [5.74, 6) is -0.282. The van der Waals surface area contributed by atoms with Crippen LogP contribution < -0.4 is 5.73 Å². The van der Waals surface area contributed by atoms with Crippen LogP contribution in [0, 0.1) is 5.41 Å². The fraction of sp³-hybridized carbons (Fsp3) is 0.182. The Balaban J connectivity index is 2.84. The van der Waals surface area contributed by atoms with Crippen molar-refractivity contribution in [3.8, 4) is 11.5 Å². The number of benzene rings is 1. The lowest BCUT2D eigenvalue weighted by Crippen LogP contribution is -2.22. The number of aromatic hydroxyl groups is 2. The lowest BCUT2D eigenvalue weighted by molar-refractivity contribution is 0.450. The SMILES string of the molecule is CN(C)C(=N)/N=C(N)/N=C/c1ccc(O)cc1O. The summed E-state index contributed by atoms with van der Waals surface area (Å²) in [6, 6.07) is 4.09. The van der Waals surface area contributed by atoms with E-state index >= 15 is 0 Å². The molecule has 0 aliphatic rings. The van der Waals surface area contributed by atoms with Gasteiger partial charge >= 0.3 is 0 Å². The van der Waals surface area contributed by atoms with Crippen molar-refractivity contribution >= 4 is 18.1 Å². The molecule has 18 heavy (non-hydrogen) atoms. The van der Waals surface area contributed by atoms with E-state index in [4.69, 9.17) is 16.2 Å². The van der Waals surface area contributed by atoms with Gasteiger partial charge in [0.2, 0.25) is 11.9 Å². The number of hydrogen-bond donors (Lipinski definition) is 4. The first-order chi connectivity index (χ1) is 8.40. The van der Waals surface area contributed by atoms with Gasteiger partial charge in [-0.25, -0.2) is 4.99 Å². The van der Waals surface area contributed by atoms with E-state index in [1.165, 1.54) is 29.3 Å². The molecule has 0 fully saturated rings. The van der Waals surface area contributed by atoms with Crippen molar-refractivity contribution in [2.45, 2.75) is 0 Å². The second kappa shape index (κ2) is 5.67. The minimum atomic E-state index is -0.116. The first kappa shape index (κ1) is 13.5. The summed E-state index contributed by atoms with van der Waals surface area (Å²) >= 11 is 0. The van der Waals surface area contributed by atoms with E-state index in [0.717, 1.165) is 0 Å². The van der Waals surface area contributed by atoms with Crippen LogP contribution in [0.1, 0.15) is 5.56 Å². The molecule has 1 aromatic carbocycles. The van der Waals surface area contributed by atoms with E-state index in [1.807, 2.05) is 0 Å². The van der Waals surface area contributed by atoms with Gasteiger partial charge in [0.05, 0.1) is 0 Å². The number of phenolic OH excluding ortho intramolecular Hbond substituents is 2. The average Bonchev–Trinajstić information content (AvgIpc) is 2.27. The second-order valence-electron chi connectivity index (χ2n) is 3.69. The largest absolute Gasteiger partial charge is 0.508 e. The Morgan fingerprint density at radius 1 is 1.39 bits per heavy atom. The Hall–Kier alpha value is -2.57. The van der Waals surface area contributed by atoms with Gasteiger partial charge in [0, 0.05) is 31.9 Å². The van der Waals surface area contributed by atoms with Crippen molar-refractivity contribution in [3.05, 3.63) is 23.8 Å². The maximum Gasteiger partial charge on any atom is 0.223 e. The Labute approximate surface area is 104 Å². The molecule has 96 valence electrons. The van der Waals surface area contributed by atoms with Gasteiger partial charge in [0.15, 0.2) is 0 Å². The molecule has 1 aromatic rings. The van der Waals surface area contributed by atoms with Crippen LogP contribution in [-0.2, 0) is 0 Å². The fourth-order valence-electron chi connectivity index (χ4n) is 1.01. The molecule has 0 unspecified atom stereocenters. The number of guanidine groups is 2. The molecule has 7 nitrogen and oxygen atoms in total. The summed E-state index contributed by atoms with van der Waals surface area (Å²) in [7, 11) is 3.32. The summed E-state index contributed by atoms with van der Waals surface area (Å²) in [5, 5.41) is 26.0. The molecule has 7 heteroatoms. The lowest BCUT2D eigenvalue weighted by Gasteiger charge is -2.07. The van der Waals surface area contributed by atoms with Crippen LogP contribution in [0.2, 0.25) is 0 Å². The van der Waals surface area contributed by atoms with Gasteiger partial charge in [-0.2, -0.15) is 4.99 Å². The summed E-state index contributed by atoms with van der Waals surface area (Å²) in [5.41, 5.74) is 5.88. The molecular formula is C11H15N5O2. The highest BCUT2D eigenvalue weighted by Gasteiger charge is 2.00. The maximum absolute atomic E-state index is 9.49. The molecule has 0 saturated carbocycles. The number of nitrogens with one attached hydrogen (secondary N) is 1. The summed E-state index contributed by atoms with van der Waals surface area (Å²) in [6.07, 6.45) is 1.30. The van der Waals surface area contributed by atoms with E-state index in [2.05, 4.69) is 9.98 Å². The third-order valence-electron chi connectivity index (χ3n) is 1.99. The van der Waals surface area contributed by atoms with E-state index in [9.17, 15) is 5.11 Å². The molecule has 0 spiro atoms. The van der Waals surface area contributed by atoms with Crippen LogP contribution in [0.15, 0.2) is 28.2 Å². The topological polar surface area (TPSA) is 118 Å². The summed E-state index contributed by atoms with van der Waals surface area (Å²) in [4.78, 5) is 8.99. The lowest BCUT2D eigenvalue weighted by atomic mass is 10.2. The smallest absolute Gasteiger partial charge is 0.223 e. The second-order valence-corrected chi connectivity index (χ2v) is 3.69. The first-order valence-corrected chi connectivity index (χ1v) is 5.06. The van der Waals surface area contributed by atoms with Gasteiger partial charge in [-0.3, -0.25) is 5.41 Å². The molecule has 1 rings (SSSR count). The zero-order chi connectivity index (χ0) is 13.7. The highest BCUT2D eigenvalue weighted by Crippen LogP contribution is 2.20. The van der Waals surface area contributed by atoms with Gasteiger partial charge < -0.3 is 20.8 Å². The van der Waals surface area contributed by atoms with Crippen molar-refractivity contribution in [1.82, 2.24) is 4.90 Å². The van der Waals surface area contributed by atoms with Crippen molar-refractivity contribution in [2.24, 2.45) is 15.7 Å². The van der Waals surface area contributed by atoms with Gasteiger partial charge in [-0.05, 0) is 12.1 Å². The molecule has 0 atom stereocenters. The highest BCUT2D eigenvalue weighted by atomic mass is 16.3. The Morgan fingerprint density at radius 3 is 2.61 bits per heavy atom. The fourth-order valence-corrected chi connectivity index (χ4v) is 1.01. The van der Waals surface area contributed by atoms with Crippen molar-refractivity contribution in [1.29, 1.82) is 5.41 Å². The van der Waals surface area contributed by atoms with Crippen molar-refractivity contribution in [2.75, 3.05) is 14.1 Å². The molecule has 0 radical (unpaired) electrons. The number of rotatable bonds is 1. The van der Waals surface area contributed by atoms with Crippen molar-refractivity contribution in [3.63, 3.8) is 0 Å². The number of hydrogen-bond acceptors (Lipinski definition) is 3. The van der Waals surface area contributed by atoms with E-state index < -0.39 is 0 Å². The minimum Gasteiger partial charge on any atom is -0.508 e. The predicted molar refractivity (Wildman–Crippen MR) is 70.4 cm³/mol. The zero-order valence-electron chi connectivity index (χ0n) is 10.1. The number of nitrogens with two attached hydrogens (primary N) is 1. The zero-order valence-corrected chi connectivity index (χ0v) is 10.1. The molecule has 0 aliphatic heterocycles. The van der Waals surface area contributed by atoms with Crippen LogP contribution in [0.3, 0.4) is 0 Å². The summed E-state index contributed by atoms with van der Waals surface area (Å²) in [6.45, 7) is 0. The third-order valence-corrected chi connectivity index (χ3v) is 1.99. The molecule has 0 aliphatic carbocycles. The van der Waals surface area contributed by atoms with E-state index in [-0.39, 0.29) is 23.4 Å². The van der Waals surface area contributed by atoms with Gasteiger partial charge in [-0.1, -0.05) is 0 Å². The van der Waals surface area contributed by atoms with Crippen LogP contribution >= 0.6 is 0 Å². The van der Waals surface area contributed by atoms with E-state index in [0.29, 0.717) is 5.56 Å². The molecule has 0 heterocycles. The Kier molecular flexibility index (Phi) is 4.25.